The highest BCUT2D eigenvalue weighted by Crippen LogP contribution is 2.25. The SMILES string of the molecule is CN(C)C(=O)OCc1cnc(N)c(Cl)c1CO. The van der Waals surface area contributed by atoms with E-state index in [-0.39, 0.29) is 24.1 Å². The van der Waals surface area contributed by atoms with Crippen molar-refractivity contribution in [1.29, 1.82) is 0 Å². The summed E-state index contributed by atoms with van der Waals surface area (Å²) in [6.07, 6.45) is 0.942. The predicted octanol–water partition coefficient (Wildman–Crippen LogP) is 1.01. The summed E-state index contributed by atoms with van der Waals surface area (Å²) >= 11 is 5.88. The van der Waals surface area contributed by atoms with E-state index in [1.807, 2.05) is 0 Å². The second-order valence-corrected chi connectivity index (χ2v) is 3.95. The lowest BCUT2D eigenvalue weighted by atomic mass is 10.1. The number of carbonyl (C=O) groups excluding carboxylic acids is 1. The first-order valence-electron chi connectivity index (χ1n) is 4.84. The van der Waals surface area contributed by atoms with E-state index in [1.54, 1.807) is 14.1 Å². The fourth-order valence-electron chi connectivity index (χ4n) is 1.14. The predicted molar refractivity (Wildman–Crippen MR) is 63.5 cm³/mol. The van der Waals surface area contributed by atoms with Crippen molar-refractivity contribution in [3.63, 3.8) is 0 Å². The number of aliphatic hydroxyl groups excluding tert-OH is 1. The van der Waals surface area contributed by atoms with Gasteiger partial charge in [-0.2, -0.15) is 0 Å². The number of halogens is 1. The highest BCUT2D eigenvalue weighted by atomic mass is 35.5. The van der Waals surface area contributed by atoms with E-state index in [1.165, 1.54) is 11.1 Å². The van der Waals surface area contributed by atoms with Gasteiger partial charge in [-0.3, -0.25) is 0 Å². The third-order valence-electron chi connectivity index (χ3n) is 2.11. The van der Waals surface area contributed by atoms with Gasteiger partial charge in [0.25, 0.3) is 0 Å². The molecule has 0 unspecified atom stereocenters. The van der Waals surface area contributed by atoms with E-state index < -0.39 is 6.09 Å². The van der Waals surface area contributed by atoms with Crippen molar-refractivity contribution in [2.75, 3.05) is 19.8 Å². The molecule has 1 amide bonds. The summed E-state index contributed by atoms with van der Waals surface area (Å²) in [6, 6.07) is 0. The molecule has 0 spiro atoms. The Labute approximate surface area is 104 Å². The minimum absolute atomic E-state index is 0.0140. The molecule has 94 valence electrons. The van der Waals surface area contributed by atoms with E-state index in [4.69, 9.17) is 22.1 Å². The van der Waals surface area contributed by atoms with Crippen LogP contribution >= 0.6 is 11.6 Å². The number of carbonyl (C=O) groups is 1. The number of rotatable bonds is 3. The van der Waals surface area contributed by atoms with E-state index in [9.17, 15) is 9.90 Å². The molecule has 0 saturated carbocycles. The third kappa shape index (κ3) is 3.21. The Bertz CT molecular complexity index is 424. The van der Waals surface area contributed by atoms with Crippen molar-refractivity contribution in [3.05, 3.63) is 22.3 Å². The summed E-state index contributed by atoms with van der Waals surface area (Å²) in [4.78, 5) is 16.4. The molecular formula is C10H14ClN3O3. The molecule has 0 saturated heterocycles. The van der Waals surface area contributed by atoms with Gasteiger partial charge >= 0.3 is 6.09 Å². The topological polar surface area (TPSA) is 88.7 Å². The molecule has 1 aromatic heterocycles. The Balaban J connectivity index is 2.85. The van der Waals surface area contributed by atoms with Crippen LogP contribution in [0, 0.1) is 0 Å². The zero-order valence-electron chi connectivity index (χ0n) is 9.61. The number of nitrogens with two attached hydrogens (primary N) is 1. The number of nitrogens with zero attached hydrogens (tertiary/aromatic N) is 2. The molecule has 0 fully saturated rings. The molecule has 1 rings (SSSR count). The van der Waals surface area contributed by atoms with Gasteiger partial charge in [0.2, 0.25) is 0 Å². The normalized spacial score (nSPS) is 10.1. The van der Waals surface area contributed by atoms with Crippen molar-refractivity contribution >= 4 is 23.5 Å². The maximum atomic E-state index is 11.2. The van der Waals surface area contributed by atoms with Crippen LogP contribution in [0.4, 0.5) is 10.6 Å². The van der Waals surface area contributed by atoms with Crippen LogP contribution in [0.15, 0.2) is 6.20 Å². The Morgan fingerprint density at radius 3 is 2.82 bits per heavy atom. The number of amides is 1. The van der Waals surface area contributed by atoms with Gasteiger partial charge in [0.1, 0.15) is 12.4 Å². The average molecular weight is 260 g/mol. The van der Waals surface area contributed by atoms with Crippen LogP contribution in [0.3, 0.4) is 0 Å². The molecule has 3 N–H and O–H groups in total. The van der Waals surface area contributed by atoms with Gasteiger partial charge in [-0.05, 0) is 0 Å². The van der Waals surface area contributed by atoms with Gasteiger partial charge in [-0.1, -0.05) is 11.6 Å². The lowest BCUT2D eigenvalue weighted by molar-refractivity contribution is 0.111. The molecule has 0 bridgehead atoms. The van der Waals surface area contributed by atoms with Gasteiger partial charge in [0.05, 0.1) is 11.6 Å². The van der Waals surface area contributed by atoms with Gasteiger partial charge in [-0.25, -0.2) is 9.78 Å². The van der Waals surface area contributed by atoms with Gasteiger partial charge in [0, 0.05) is 31.4 Å². The number of aliphatic hydroxyl groups is 1. The summed E-state index contributed by atoms with van der Waals surface area (Å²) in [5, 5.41) is 9.37. The van der Waals surface area contributed by atoms with E-state index >= 15 is 0 Å². The standard InChI is InChI=1S/C10H14ClN3O3/c1-14(2)10(16)17-5-6-3-13-9(12)8(11)7(6)4-15/h3,15H,4-5H2,1-2H3,(H2,12,13). The smallest absolute Gasteiger partial charge is 0.409 e. The first kappa shape index (κ1) is 13.5. The molecular weight excluding hydrogens is 246 g/mol. The second-order valence-electron chi connectivity index (χ2n) is 3.57. The molecule has 7 heteroatoms. The van der Waals surface area contributed by atoms with Crippen molar-refractivity contribution in [2.24, 2.45) is 0 Å². The quantitative estimate of drug-likeness (QED) is 0.846. The molecule has 17 heavy (non-hydrogen) atoms. The number of pyridine rings is 1. The zero-order chi connectivity index (χ0) is 13.0. The van der Waals surface area contributed by atoms with Gasteiger partial charge in [0.15, 0.2) is 0 Å². The summed E-state index contributed by atoms with van der Waals surface area (Å²) in [5.74, 6) is 0.137. The number of ether oxygens (including phenoxy) is 1. The molecule has 0 aromatic carbocycles. The van der Waals surface area contributed by atoms with Gasteiger partial charge < -0.3 is 20.5 Å². The van der Waals surface area contributed by atoms with Crippen LogP contribution in [-0.2, 0) is 18.0 Å². The summed E-state index contributed by atoms with van der Waals surface area (Å²) in [5.41, 5.74) is 6.45. The average Bonchev–Trinajstić information content (AvgIpc) is 2.30. The van der Waals surface area contributed by atoms with Crippen molar-refractivity contribution in [2.45, 2.75) is 13.2 Å². The minimum atomic E-state index is -0.484. The van der Waals surface area contributed by atoms with E-state index in [0.29, 0.717) is 11.1 Å². The Morgan fingerprint density at radius 2 is 2.29 bits per heavy atom. The lowest BCUT2D eigenvalue weighted by Gasteiger charge is -2.13. The zero-order valence-corrected chi connectivity index (χ0v) is 10.4. The number of aromatic nitrogens is 1. The Kier molecular flexibility index (Phi) is 4.53. The summed E-state index contributed by atoms with van der Waals surface area (Å²) in [6.45, 7) is -0.305. The molecule has 1 heterocycles. The fourth-order valence-corrected chi connectivity index (χ4v) is 1.37. The largest absolute Gasteiger partial charge is 0.444 e. The van der Waals surface area contributed by atoms with E-state index in [0.717, 1.165) is 0 Å². The minimum Gasteiger partial charge on any atom is -0.444 e. The van der Waals surface area contributed by atoms with Crippen LogP contribution in [0.1, 0.15) is 11.1 Å². The molecule has 0 aliphatic carbocycles. The highest BCUT2D eigenvalue weighted by Gasteiger charge is 2.13. The van der Waals surface area contributed by atoms with Crippen LogP contribution in [0.25, 0.3) is 0 Å². The molecule has 1 aromatic rings. The van der Waals surface area contributed by atoms with Gasteiger partial charge in [-0.15, -0.1) is 0 Å². The monoisotopic (exact) mass is 259 g/mol. The number of nitrogen functional groups attached to an aromatic ring is 1. The van der Waals surface area contributed by atoms with E-state index in [2.05, 4.69) is 4.98 Å². The number of anilines is 1. The van der Waals surface area contributed by atoms with Crippen LogP contribution in [0.2, 0.25) is 5.02 Å². The van der Waals surface area contributed by atoms with Crippen LogP contribution in [-0.4, -0.2) is 35.2 Å². The van der Waals surface area contributed by atoms with Crippen LogP contribution in [0.5, 0.6) is 0 Å². The van der Waals surface area contributed by atoms with Crippen molar-refractivity contribution in [3.8, 4) is 0 Å². The number of hydrogen-bond acceptors (Lipinski definition) is 5. The van der Waals surface area contributed by atoms with Crippen molar-refractivity contribution < 1.29 is 14.6 Å². The molecule has 0 aliphatic heterocycles. The maximum Gasteiger partial charge on any atom is 0.409 e. The molecule has 6 nitrogen and oxygen atoms in total. The molecule has 0 atom stereocenters. The molecule has 0 aliphatic rings. The number of hydrogen-bond donors (Lipinski definition) is 2. The highest BCUT2D eigenvalue weighted by molar-refractivity contribution is 6.33. The maximum absolute atomic E-state index is 11.2. The Morgan fingerprint density at radius 1 is 1.65 bits per heavy atom. The first-order valence-corrected chi connectivity index (χ1v) is 5.21. The molecule has 0 radical (unpaired) electrons. The summed E-state index contributed by atoms with van der Waals surface area (Å²) in [7, 11) is 3.15. The lowest BCUT2D eigenvalue weighted by Crippen LogP contribution is -2.22. The second kappa shape index (κ2) is 5.70. The van der Waals surface area contributed by atoms with Crippen molar-refractivity contribution in [1.82, 2.24) is 9.88 Å². The third-order valence-corrected chi connectivity index (χ3v) is 2.53. The first-order chi connectivity index (χ1) is 7.97. The summed E-state index contributed by atoms with van der Waals surface area (Å²) < 4.78 is 4.96. The fraction of sp³-hybridized carbons (Fsp3) is 0.400. The Hall–Kier alpha value is -1.53. The van der Waals surface area contributed by atoms with Crippen LogP contribution < -0.4 is 5.73 Å².